The van der Waals surface area contributed by atoms with Crippen molar-refractivity contribution in [2.75, 3.05) is 12.4 Å². The standard InChI is InChI=1S/C13H27NO3S/c1-11(2)12-7-3-4-8-13(12)14-18(16,17)10-6-5-9-15/h11-15H,3-10H2,1-2H3. The van der Waals surface area contributed by atoms with E-state index in [0.717, 1.165) is 19.3 Å². The minimum absolute atomic E-state index is 0.0631. The Bertz CT molecular complexity index is 327. The Hall–Kier alpha value is -0.130. The zero-order valence-corrected chi connectivity index (χ0v) is 12.4. The molecule has 1 aliphatic carbocycles. The van der Waals surface area contributed by atoms with E-state index in [9.17, 15) is 8.42 Å². The Morgan fingerprint density at radius 3 is 2.50 bits per heavy atom. The fourth-order valence-electron chi connectivity index (χ4n) is 2.80. The molecule has 5 heteroatoms. The number of nitrogens with one attached hydrogen (secondary N) is 1. The minimum atomic E-state index is -3.18. The lowest BCUT2D eigenvalue weighted by atomic mass is 9.78. The smallest absolute Gasteiger partial charge is 0.211 e. The van der Waals surface area contributed by atoms with Gasteiger partial charge < -0.3 is 5.11 Å². The van der Waals surface area contributed by atoms with Crippen molar-refractivity contribution in [2.45, 2.75) is 58.4 Å². The van der Waals surface area contributed by atoms with Gasteiger partial charge in [-0.1, -0.05) is 26.7 Å². The van der Waals surface area contributed by atoms with E-state index in [1.54, 1.807) is 0 Å². The van der Waals surface area contributed by atoms with Gasteiger partial charge in [-0.25, -0.2) is 13.1 Å². The first-order chi connectivity index (χ1) is 8.46. The molecule has 1 saturated carbocycles. The van der Waals surface area contributed by atoms with Crippen LogP contribution in [0.15, 0.2) is 0 Å². The van der Waals surface area contributed by atoms with Gasteiger partial charge in [-0.15, -0.1) is 0 Å². The van der Waals surface area contributed by atoms with Crippen LogP contribution < -0.4 is 4.72 Å². The highest BCUT2D eigenvalue weighted by Gasteiger charge is 2.30. The van der Waals surface area contributed by atoms with Gasteiger partial charge in [0.15, 0.2) is 0 Å². The van der Waals surface area contributed by atoms with Crippen LogP contribution in [-0.4, -0.2) is 31.9 Å². The van der Waals surface area contributed by atoms with E-state index in [1.165, 1.54) is 6.42 Å². The predicted octanol–water partition coefficient (Wildman–Crippen LogP) is 1.89. The van der Waals surface area contributed by atoms with Gasteiger partial charge in [0.25, 0.3) is 0 Å². The number of unbranched alkanes of at least 4 members (excludes halogenated alkanes) is 1. The number of rotatable bonds is 7. The Balaban J connectivity index is 2.52. The summed E-state index contributed by atoms with van der Waals surface area (Å²) in [5, 5.41) is 8.68. The molecular formula is C13H27NO3S. The molecule has 0 aromatic rings. The van der Waals surface area contributed by atoms with Crippen LogP contribution in [0.3, 0.4) is 0 Å². The highest BCUT2D eigenvalue weighted by Crippen LogP contribution is 2.30. The molecule has 1 aliphatic rings. The highest BCUT2D eigenvalue weighted by molar-refractivity contribution is 7.89. The van der Waals surface area contributed by atoms with Crippen LogP contribution in [0, 0.1) is 11.8 Å². The van der Waals surface area contributed by atoms with Crippen LogP contribution in [0.4, 0.5) is 0 Å². The average Bonchev–Trinajstić information content (AvgIpc) is 2.29. The molecule has 0 aromatic carbocycles. The molecule has 18 heavy (non-hydrogen) atoms. The van der Waals surface area contributed by atoms with Gasteiger partial charge in [0, 0.05) is 12.6 Å². The lowest BCUT2D eigenvalue weighted by Gasteiger charge is -2.34. The fraction of sp³-hybridized carbons (Fsp3) is 1.00. The molecule has 2 atom stereocenters. The molecule has 1 rings (SSSR count). The van der Waals surface area contributed by atoms with E-state index < -0.39 is 10.0 Å². The topological polar surface area (TPSA) is 66.4 Å². The van der Waals surface area contributed by atoms with E-state index in [4.69, 9.17) is 5.11 Å². The van der Waals surface area contributed by atoms with Crippen LogP contribution in [0.5, 0.6) is 0 Å². The maximum atomic E-state index is 11.9. The Labute approximate surface area is 111 Å². The van der Waals surface area contributed by atoms with Gasteiger partial charge in [0.05, 0.1) is 5.75 Å². The Morgan fingerprint density at radius 2 is 1.89 bits per heavy atom. The van der Waals surface area contributed by atoms with Crippen LogP contribution in [-0.2, 0) is 10.0 Å². The SMILES string of the molecule is CC(C)C1CCCCC1NS(=O)(=O)CCCCO. The van der Waals surface area contributed by atoms with Gasteiger partial charge in [-0.05, 0) is 37.5 Å². The normalized spacial score (nSPS) is 25.6. The van der Waals surface area contributed by atoms with Gasteiger partial charge in [0.2, 0.25) is 10.0 Å². The van der Waals surface area contributed by atoms with E-state index in [2.05, 4.69) is 18.6 Å². The molecule has 108 valence electrons. The van der Waals surface area contributed by atoms with E-state index in [0.29, 0.717) is 24.7 Å². The summed E-state index contributed by atoms with van der Waals surface area (Å²) in [5.41, 5.74) is 0. The third-order valence-electron chi connectivity index (χ3n) is 3.83. The van der Waals surface area contributed by atoms with Crippen molar-refractivity contribution in [3.63, 3.8) is 0 Å². The fourth-order valence-corrected chi connectivity index (χ4v) is 4.25. The lowest BCUT2D eigenvalue weighted by Crippen LogP contribution is -2.44. The van der Waals surface area contributed by atoms with E-state index in [-0.39, 0.29) is 18.4 Å². The van der Waals surface area contributed by atoms with Crippen LogP contribution in [0.2, 0.25) is 0 Å². The van der Waals surface area contributed by atoms with Crippen molar-refractivity contribution in [3.05, 3.63) is 0 Å². The highest BCUT2D eigenvalue weighted by atomic mass is 32.2. The maximum Gasteiger partial charge on any atom is 0.211 e. The summed E-state index contributed by atoms with van der Waals surface area (Å²) in [7, 11) is -3.18. The summed E-state index contributed by atoms with van der Waals surface area (Å²) in [6.07, 6.45) is 5.51. The van der Waals surface area contributed by atoms with E-state index >= 15 is 0 Å². The Morgan fingerprint density at radius 1 is 1.22 bits per heavy atom. The van der Waals surface area contributed by atoms with Gasteiger partial charge in [-0.3, -0.25) is 0 Å². The summed E-state index contributed by atoms with van der Waals surface area (Å²) >= 11 is 0. The number of hydrogen-bond acceptors (Lipinski definition) is 3. The molecule has 0 bridgehead atoms. The third kappa shape index (κ3) is 5.24. The summed E-state index contributed by atoms with van der Waals surface area (Å²) in [5.74, 6) is 1.12. The van der Waals surface area contributed by atoms with Crippen molar-refractivity contribution >= 4 is 10.0 Å². The summed E-state index contributed by atoms with van der Waals surface area (Å²) in [6.45, 7) is 4.40. The molecule has 0 radical (unpaired) electrons. The molecule has 0 amide bonds. The minimum Gasteiger partial charge on any atom is -0.396 e. The second-order valence-electron chi connectivity index (χ2n) is 5.67. The van der Waals surface area contributed by atoms with Crippen molar-refractivity contribution in [2.24, 2.45) is 11.8 Å². The number of sulfonamides is 1. The predicted molar refractivity (Wildman–Crippen MR) is 73.8 cm³/mol. The van der Waals surface area contributed by atoms with Gasteiger partial charge in [-0.2, -0.15) is 0 Å². The van der Waals surface area contributed by atoms with Crippen molar-refractivity contribution < 1.29 is 13.5 Å². The lowest BCUT2D eigenvalue weighted by molar-refractivity contribution is 0.226. The zero-order chi connectivity index (χ0) is 13.6. The molecule has 2 unspecified atom stereocenters. The molecule has 4 nitrogen and oxygen atoms in total. The second kappa shape index (κ2) is 7.46. The molecule has 0 saturated heterocycles. The average molecular weight is 277 g/mol. The van der Waals surface area contributed by atoms with Crippen LogP contribution in [0.1, 0.15) is 52.4 Å². The monoisotopic (exact) mass is 277 g/mol. The van der Waals surface area contributed by atoms with E-state index in [1.807, 2.05) is 0 Å². The van der Waals surface area contributed by atoms with Crippen molar-refractivity contribution in [1.29, 1.82) is 0 Å². The van der Waals surface area contributed by atoms with Gasteiger partial charge in [0.1, 0.15) is 0 Å². The van der Waals surface area contributed by atoms with Crippen LogP contribution in [0.25, 0.3) is 0 Å². The number of aliphatic hydroxyl groups excluding tert-OH is 1. The summed E-state index contributed by atoms with van der Waals surface area (Å²) < 4.78 is 26.8. The molecule has 0 aliphatic heterocycles. The number of aliphatic hydroxyl groups is 1. The van der Waals surface area contributed by atoms with Crippen molar-refractivity contribution in [1.82, 2.24) is 4.72 Å². The zero-order valence-electron chi connectivity index (χ0n) is 11.6. The van der Waals surface area contributed by atoms with Crippen LogP contribution >= 0.6 is 0 Å². The van der Waals surface area contributed by atoms with Crippen molar-refractivity contribution in [3.8, 4) is 0 Å². The van der Waals surface area contributed by atoms with Gasteiger partial charge >= 0.3 is 0 Å². The molecule has 1 fully saturated rings. The maximum absolute atomic E-state index is 11.9. The second-order valence-corrected chi connectivity index (χ2v) is 7.54. The third-order valence-corrected chi connectivity index (χ3v) is 5.32. The first-order valence-corrected chi connectivity index (χ1v) is 8.72. The molecular weight excluding hydrogens is 250 g/mol. The first-order valence-electron chi connectivity index (χ1n) is 7.07. The molecule has 2 N–H and O–H groups in total. The largest absolute Gasteiger partial charge is 0.396 e. The quantitative estimate of drug-likeness (QED) is 0.698. The summed E-state index contributed by atoms with van der Waals surface area (Å²) in [6, 6.07) is 0.109. The number of hydrogen-bond donors (Lipinski definition) is 2. The molecule has 0 spiro atoms. The molecule has 0 aromatic heterocycles. The Kier molecular flexibility index (Phi) is 6.60. The molecule has 0 heterocycles. The summed E-state index contributed by atoms with van der Waals surface area (Å²) in [4.78, 5) is 0. The first kappa shape index (κ1) is 15.9.